The minimum atomic E-state index is -1.02. The Morgan fingerprint density at radius 2 is 2.05 bits per heavy atom. The molecule has 2 heterocycles. The van der Waals surface area contributed by atoms with Crippen LogP contribution in [0.15, 0.2) is 36.5 Å². The molecular formula is C16H16F2N2O2. The molecular weight excluding hydrogens is 290 g/mol. The molecule has 1 atom stereocenters. The van der Waals surface area contributed by atoms with Crippen LogP contribution in [0.1, 0.15) is 16.1 Å². The minimum absolute atomic E-state index is 0.133. The zero-order valence-electron chi connectivity index (χ0n) is 12.1. The number of benzene rings is 1. The molecule has 0 fully saturated rings. The summed E-state index contributed by atoms with van der Waals surface area (Å²) in [5, 5.41) is 0. The molecule has 0 spiro atoms. The normalized spacial score (nSPS) is 18.0. The van der Waals surface area contributed by atoms with Crippen LogP contribution in [0.5, 0.6) is 0 Å². The average molecular weight is 306 g/mol. The summed E-state index contributed by atoms with van der Waals surface area (Å²) in [5.74, 6) is -2.32. The number of methoxy groups -OCH3 is 1. The van der Waals surface area contributed by atoms with Gasteiger partial charge in [0.1, 0.15) is 0 Å². The lowest BCUT2D eigenvalue weighted by Gasteiger charge is -2.23. The van der Waals surface area contributed by atoms with E-state index < -0.39 is 11.6 Å². The second-order valence-electron chi connectivity index (χ2n) is 5.32. The molecule has 0 radical (unpaired) electrons. The molecule has 0 saturated heterocycles. The number of halogens is 2. The van der Waals surface area contributed by atoms with Gasteiger partial charge < -0.3 is 14.2 Å². The first kappa shape index (κ1) is 14.7. The first-order valence-corrected chi connectivity index (χ1v) is 6.99. The Kier molecular flexibility index (Phi) is 3.94. The second-order valence-corrected chi connectivity index (χ2v) is 5.32. The number of fused-ring (bicyclic) bond motifs is 1. The van der Waals surface area contributed by atoms with E-state index in [4.69, 9.17) is 4.74 Å². The molecule has 1 amide bonds. The van der Waals surface area contributed by atoms with Gasteiger partial charge in [-0.15, -0.1) is 0 Å². The summed E-state index contributed by atoms with van der Waals surface area (Å²) < 4.78 is 33.8. The van der Waals surface area contributed by atoms with E-state index in [1.807, 2.05) is 22.9 Å². The van der Waals surface area contributed by atoms with Crippen molar-refractivity contribution in [1.29, 1.82) is 0 Å². The predicted octanol–water partition coefficient (Wildman–Crippen LogP) is 2.44. The maximum absolute atomic E-state index is 13.3. The third kappa shape index (κ3) is 2.74. The van der Waals surface area contributed by atoms with Gasteiger partial charge in [0.05, 0.1) is 19.2 Å². The van der Waals surface area contributed by atoms with Gasteiger partial charge in [-0.3, -0.25) is 4.79 Å². The van der Waals surface area contributed by atoms with Crippen LogP contribution in [0, 0.1) is 11.6 Å². The van der Waals surface area contributed by atoms with Crippen LogP contribution in [-0.2, 0) is 17.8 Å². The van der Waals surface area contributed by atoms with E-state index in [9.17, 15) is 13.6 Å². The number of ether oxygens (including phenoxy) is 1. The van der Waals surface area contributed by atoms with Crippen molar-refractivity contribution >= 4 is 5.91 Å². The first-order valence-electron chi connectivity index (χ1n) is 6.99. The van der Waals surface area contributed by atoms with Gasteiger partial charge in [-0.05, 0) is 30.3 Å². The average Bonchev–Trinajstić information content (AvgIpc) is 2.87. The summed E-state index contributed by atoms with van der Waals surface area (Å²) in [7, 11) is 1.60. The second kappa shape index (κ2) is 5.88. The molecule has 0 saturated carbocycles. The lowest BCUT2D eigenvalue weighted by atomic mass is 10.1. The quantitative estimate of drug-likeness (QED) is 0.854. The number of amides is 1. The van der Waals surface area contributed by atoms with E-state index in [2.05, 4.69) is 0 Å². The topological polar surface area (TPSA) is 34.5 Å². The highest BCUT2D eigenvalue weighted by Crippen LogP contribution is 2.18. The van der Waals surface area contributed by atoms with Crippen molar-refractivity contribution in [1.82, 2.24) is 9.47 Å². The van der Waals surface area contributed by atoms with Gasteiger partial charge in [-0.25, -0.2) is 8.78 Å². The Bertz CT molecular complexity index is 699. The van der Waals surface area contributed by atoms with Crippen molar-refractivity contribution in [3.05, 3.63) is 59.4 Å². The fourth-order valence-electron chi connectivity index (χ4n) is 2.67. The van der Waals surface area contributed by atoms with E-state index in [0.717, 1.165) is 17.8 Å². The lowest BCUT2D eigenvalue weighted by Crippen LogP contribution is -2.36. The number of rotatable bonds is 2. The van der Waals surface area contributed by atoms with Crippen molar-refractivity contribution < 1.29 is 18.3 Å². The van der Waals surface area contributed by atoms with Gasteiger partial charge in [0.25, 0.3) is 5.91 Å². The molecule has 0 aliphatic carbocycles. The number of nitrogens with zero attached hydrogens (tertiary/aromatic N) is 2. The van der Waals surface area contributed by atoms with Crippen LogP contribution in [0.25, 0.3) is 0 Å². The number of aromatic nitrogens is 1. The molecule has 0 bridgehead atoms. The van der Waals surface area contributed by atoms with Crippen molar-refractivity contribution in [2.45, 2.75) is 19.2 Å². The number of carbonyl (C=O) groups is 1. The SMILES string of the molecule is COC1CN(C(=O)c2ccc(F)c(F)c2)Cc2cccn2C1. The van der Waals surface area contributed by atoms with Gasteiger partial charge in [0, 0.05) is 31.1 Å². The summed E-state index contributed by atoms with van der Waals surface area (Å²) in [5.41, 5.74) is 1.12. The highest BCUT2D eigenvalue weighted by molar-refractivity contribution is 5.94. The molecule has 22 heavy (non-hydrogen) atoms. The van der Waals surface area contributed by atoms with Gasteiger partial charge in [0.2, 0.25) is 0 Å². The minimum Gasteiger partial charge on any atom is -0.378 e. The number of hydrogen-bond acceptors (Lipinski definition) is 2. The van der Waals surface area contributed by atoms with Crippen molar-refractivity contribution in [2.75, 3.05) is 13.7 Å². The molecule has 1 aliphatic rings. The molecule has 1 aliphatic heterocycles. The predicted molar refractivity (Wildman–Crippen MR) is 76.3 cm³/mol. The Morgan fingerprint density at radius 3 is 2.77 bits per heavy atom. The van der Waals surface area contributed by atoms with Crippen LogP contribution in [0.4, 0.5) is 8.78 Å². The lowest BCUT2D eigenvalue weighted by molar-refractivity contribution is 0.0458. The fourth-order valence-corrected chi connectivity index (χ4v) is 2.67. The standard InChI is InChI=1S/C16H16F2N2O2/c1-22-13-9-19-6-2-3-12(19)8-20(10-13)16(21)11-4-5-14(17)15(18)7-11/h2-7,13H,8-10H2,1H3. The maximum atomic E-state index is 13.3. The van der Waals surface area contributed by atoms with Gasteiger partial charge in [-0.1, -0.05) is 0 Å². The zero-order chi connectivity index (χ0) is 15.7. The molecule has 3 rings (SSSR count). The van der Waals surface area contributed by atoms with Gasteiger partial charge in [-0.2, -0.15) is 0 Å². The van der Waals surface area contributed by atoms with Crippen molar-refractivity contribution in [3.63, 3.8) is 0 Å². The van der Waals surface area contributed by atoms with Crippen LogP contribution < -0.4 is 0 Å². The molecule has 6 heteroatoms. The molecule has 0 N–H and O–H groups in total. The number of hydrogen-bond donors (Lipinski definition) is 0. The Hall–Kier alpha value is -2.21. The van der Waals surface area contributed by atoms with Crippen LogP contribution in [0.3, 0.4) is 0 Å². The third-order valence-electron chi connectivity index (χ3n) is 3.89. The van der Waals surface area contributed by atoms with Gasteiger partial charge >= 0.3 is 0 Å². The van der Waals surface area contributed by atoms with E-state index in [1.165, 1.54) is 6.07 Å². The monoisotopic (exact) mass is 306 g/mol. The largest absolute Gasteiger partial charge is 0.378 e. The smallest absolute Gasteiger partial charge is 0.254 e. The Labute approximate surface area is 126 Å². The summed E-state index contributed by atoms with van der Waals surface area (Å²) in [6.07, 6.45) is 1.79. The third-order valence-corrected chi connectivity index (χ3v) is 3.89. The Morgan fingerprint density at radius 1 is 1.23 bits per heavy atom. The molecule has 1 aromatic heterocycles. The highest BCUT2D eigenvalue weighted by Gasteiger charge is 2.25. The summed E-state index contributed by atoms with van der Waals surface area (Å²) in [6.45, 7) is 1.46. The van der Waals surface area contributed by atoms with Crippen LogP contribution in [0.2, 0.25) is 0 Å². The van der Waals surface area contributed by atoms with E-state index >= 15 is 0 Å². The molecule has 116 valence electrons. The molecule has 1 aromatic carbocycles. The van der Waals surface area contributed by atoms with Gasteiger partial charge in [0.15, 0.2) is 11.6 Å². The summed E-state index contributed by atoms with van der Waals surface area (Å²) in [6, 6.07) is 7.05. The van der Waals surface area contributed by atoms with E-state index in [1.54, 1.807) is 12.0 Å². The maximum Gasteiger partial charge on any atom is 0.254 e. The highest BCUT2D eigenvalue weighted by atomic mass is 19.2. The summed E-state index contributed by atoms with van der Waals surface area (Å²) >= 11 is 0. The number of carbonyl (C=O) groups excluding carboxylic acids is 1. The van der Waals surface area contributed by atoms with Crippen molar-refractivity contribution in [2.24, 2.45) is 0 Å². The summed E-state index contributed by atoms with van der Waals surface area (Å²) in [4.78, 5) is 14.2. The molecule has 2 aromatic rings. The fraction of sp³-hybridized carbons (Fsp3) is 0.312. The van der Waals surface area contributed by atoms with Crippen LogP contribution in [-0.4, -0.2) is 35.1 Å². The first-order chi connectivity index (χ1) is 10.6. The van der Waals surface area contributed by atoms with E-state index in [-0.39, 0.29) is 17.6 Å². The molecule has 1 unspecified atom stereocenters. The van der Waals surface area contributed by atoms with Crippen molar-refractivity contribution in [3.8, 4) is 0 Å². The Balaban J connectivity index is 1.89. The van der Waals surface area contributed by atoms with E-state index in [0.29, 0.717) is 19.6 Å². The zero-order valence-corrected chi connectivity index (χ0v) is 12.1. The molecule has 4 nitrogen and oxygen atoms in total. The van der Waals surface area contributed by atoms with Crippen LogP contribution >= 0.6 is 0 Å².